The molecule has 0 heterocycles. The number of terminal acetylenes is 1. The Hall–Kier alpha value is -1.53. The second-order valence-corrected chi connectivity index (χ2v) is 3.69. The molecule has 0 saturated carbocycles. The fourth-order valence-electron chi connectivity index (χ4n) is 1.44. The molecule has 3 heteroatoms. The van der Waals surface area contributed by atoms with Gasteiger partial charge in [0.2, 0.25) is 0 Å². The number of hydrogen-bond donors (Lipinski definition) is 1. The van der Waals surface area contributed by atoms with E-state index in [1.165, 1.54) is 12.1 Å². The molecular formula is C14H18FNO. The number of halogens is 1. The molecule has 0 fully saturated rings. The summed E-state index contributed by atoms with van der Waals surface area (Å²) in [5.41, 5.74) is 0.840. The number of unbranched alkanes of at least 4 members (excludes halogenated alkanes) is 1. The van der Waals surface area contributed by atoms with Crippen LogP contribution in [-0.2, 0) is 6.54 Å². The number of ether oxygens (including phenoxy) is 1. The van der Waals surface area contributed by atoms with E-state index in [1.54, 1.807) is 6.07 Å². The predicted molar refractivity (Wildman–Crippen MR) is 67.3 cm³/mol. The van der Waals surface area contributed by atoms with E-state index >= 15 is 0 Å². The second-order valence-electron chi connectivity index (χ2n) is 3.69. The van der Waals surface area contributed by atoms with Gasteiger partial charge in [0, 0.05) is 18.5 Å². The largest absolute Gasteiger partial charge is 0.493 e. The number of benzene rings is 1. The van der Waals surface area contributed by atoms with Crippen LogP contribution >= 0.6 is 0 Å². The normalized spacial score (nSPS) is 9.94. The minimum absolute atomic E-state index is 0.242. The Morgan fingerprint density at radius 1 is 1.47 bits per heavy atom. The third-order valence-electron chi connectivity index (χ3n) is 2.31. The highest BCUT2D eigenvalue weighted by Gasteiger charge is 2.04. The van der Waals surface area contributed by atoms with Gasteiger partial charge < -0.3 is 10.1 Å². The maximum Gasteiger partial charge on any atom is 0.123 e. The Morgan fingerprint density at radius 2 is 2.29 bits per heavy atom. The van der Waals surface area contributed by atoms with Crippen molar-refractivity contribution in [3.8, 4) is 18.1 Å². The van der Waals surface area contributed by atoms with Crippen molar-refractivity contribution in [1.82, 2.24) is 5.32 Å². The Morgan fingerprint density at radius 3 is 3.00 bits per heavy atom. The zero-order chi connectivity index (χ0) is 12.5. The van der Waals surface area contributed by atoms with Crippen molar-refractivity contribution in [1.29, 1.82) is 0 Å². The summed E-state index contributed by atoms with van der Waals surface area (Å²) < 4.78 is 18.7. The maximum absolute atomic E-state index is 13.1. The topological polar surface area (TPSA) is 21.3 Å². The second kappa shape index (κ2) is 7.70. The first kappa shape index (κ1) is 13.5. The summed E-state index contributed by atoms with van der Waals surface area (Å²) in [5, 5.41) is 3.15. The van der Waals surface area contributed by atoms with Crippen LogP contribution in [0.25, 0.3) is 0 Å². The van der Waals surface area contributed by atoms with Crippen molar-refractivity contribution in [2.45, 2.75) is 26.3 Å². The molecule has 0 spiro atoms. The zero-order valence-electron chi connectivity index (χ0n) is 10.1. The molecule has 0 radical (unpaired) electrons. The van der Waals surface area contributed by atoms with E-state index in [1.807, 2.05) is 6.92 Å². The molecule has 0 amide bonds. The molecule has 92 valence electrons. The molecule has 0 aliphatic carbocycles. The number of rotatable bonds is 7. The van der Waals surface area contributed by atoms with Gasteiger partial charge in [0.05, 0.1) is 6.61 Å². The molecule has 0 aromatic heterocycles. The van der Waals surface area contributed by atoms with Gasteiger partial charge in [0.1, 0.15) is 11.6 Å². The highest BCUT2D eigenvalue weighted by Crippen LogP contribution is 2.19. The van der Waals surface area contributed by atoms with E-state index in [2.05, 4.69) is 11.2 Å². The molecule has 1 aromatic rings. The van der Waals surface area contributed by atoms with Crippen LogP contribution in [0.15, 0.2) is 18.2 Å². The Kier molecular flexibility index (Phi) is 6.13. The van der Waals surface area contributed by atoms with Crippen LogP contribution in [0.1, 0.15) is 25.3 Å². The van der Waals surface area contributed by atoms with E-state index < -0.39 is 0 Å². The summed E-state index contributed by atoms with van der Waals surface area (Å²) >= 11 is 0. The summed E-state index contributed by atoms with van der Waals surface area (Å²) in [7, 11) is 0. The molecule has 0 saturated heterocycles. The highest BCUT2D eigenvalue weighted by molar-refractivity contribution is 5.33. The van der Waals surface area contributed by atoms with Crippen molar-refractivity contribution in [2.24, 2.45) is 0 Å². The van der Waals surface area contributed by atoms with Gasteiger partial charge >= 0.3 is 0 Å². The lowest BCUT2D eigenvalue weighted by Crippen LogP contribution is -2.13. The van der Waals surface area contributed by atoms with Gasteiger partial charge in [0.15, 0.2) is 0 Å². The zero-order valence-corrected chi connectivity index (χ0v) is 10.1. The highest BCUT2D eigenvalue weighted by atomic mass is 19.1. The average Bonchev–Trinajstić information content (AvgIpc) is 2.34. The van der Waals surface area contributed by atoms with Crippen LogP contribution in [0.5, 0.6) is 5.75 Å². The van der Waals surface area contributed by atoms with Crippen molar-refractivity contribution >= 4 is 0 Å². The summed E-state index contributed by atoms with van der Waals surface area (Å²) in [4.78, 5) is 0. The SMILES string of the molecule is C#CCCCOc1ccc(F)cc1CNCC. The van der Waals surface area contributed by atoms with Gasteiger partial charge in [-0.05, 0) is 31.2 Å². The van der Waals surface area contributed by atoms with Crippen molar-refractivity contribution < 1.29 is 9.13 Å². The molecule has 1 N–H and O–H groups in total. The van der Waals surface area contributed by atoms with Crippen molar-refractivity contribution in [2.75, 3.05) is 13.2 Å². The lowest BCUT2D eigenvalue weighted by Gasteiger charge is -2.11. The van der Waals surface area contributed by atoms with Crippen LogP contribution in [0.2, 0.25) is 0 Å². The summed E-state index contributed by atoms with van der Waals surface area (Å²) in [5.74, 6) is 3.04. The van der Waals surface area contributed by atoms with Gasteiger partial charge in [-0.1, -0.05) is 6.92 Å². The van der Waals surface area contributed by atoms with Gasteiger partial charge in [-0.2, -0.15) is 0 Å². The number of nitrogens with one attached hydrogen (secondary N) is 1. The van der Waals surface area contributed by atoms with Crippen LogP contribution in [0, 0.1) is 18.2 Å². The molecule has 2 nitrogen and oxygen atoms in total. The Bertz CT molecular complexity index is 384. The van der Waals surface area contributed by atoms with Gasteiger partial charge in [-0.25, -0.2) is 4.39 Å². The lowest BCUT2D eigenvalue weighted by atomic mass is 10.2. The van der Waals surface area contributed by atoms with Gasteiger partial charge in [-0.15, -0.1) is 12.3 Å². The van der Waals surface area contributed by atoms with Crippen LogP contribution < -0.4 is 10.1 Å². The summed E-state index contributed by atoms with van der Waals surface area (Å²) in [6.07, 6.45) is 6.67. The Balaban J connectivity index is 2.59. The average molecular weight is 235 g/mol. The molecule has 1 rings (SSSR count). The quantitative estimate of drug-likeness (QED) is 0.579. The third kappa shape index (κ3) is 4.88. The molecule has 17 heavy (non-hydrogen) atoms. The molecular weight excluding hydrogens is 217 g/mol. The van der Waals surface area contributed by atoms with E-state index in [-0.39, 0.29) is 5.82 Å². The van der Waals surface area contributed by atoms with Crippen LogP contribution in [-0.4, -0.2) is 13.2 Å². The Labute approximate surface area is 102 Å². The van der Waals surface area contributed by atoms with Crippen molar-refractivity contribution in [3.05, 3.63) is 29.6 Å². The monoisotopic (exact) mass is 235 g/mol. The maximum atomic E-state index is 13.1. The molecule has 0 atom stereocenters. The summed E-state index contributed by atoms with van der Waals surface area (Å²) in [6.45, 7) is 4.02. The first-order valence-electron chi connectivity index (χ1n) is 5.83. The molecule has 0 bridgehead atoms. The summed E-state index contributed by atoms with van der Waals surface area (Å²) in [6, 6.07) is 4.57. The standard InChI is InChI=1S/C14H18FNO/c1-3-5-6-9-17-14-8-7-13(15)10-12(14)11-16-4-2/h1,7-8,10,16H,4-6,9,11H2,2H3. The first-order chi connectivity index (χ1) is 8.27. The minimum Gasteiger partial charge on any atom is -0.493 e. The van der Waals surface area contributed by atoms with Gasteiger partial charge in [-0.3, -0.25) is 0 Å². The van der Waals surface area contributed by atoms with Gasteiger partial charge in [0.25, 0.3) is 0 Å². The van der Waals surface area contributed by atoms with E-state index in [9.17, 15) is 4.39 Å². The van der Waals surface area contributed by atoms with Crippen LogP contribution in [0.4, 0.5) is 4.39 Å². The van der Waals surface area contributed by atoms with E-state index in [4.69, 9.17) is 11.2 Å². The third-order valence-corrected chi connectivity index (χ3v) is 2.31. The van der Waals surface area contributed by atoms with Crippen molar-refractivity contribution in [3.63, 3.8) is 0 Å². The fourth-order valence-corrected chi connectivity index (χ4v) is 1.44. The van der Waals surface area contributed by atoms with E-state index in [0.29, 0.717) is 19.6 Å². The molecule has 0 aliphatic heterocycles. The first-order valence-corrected chi connectivity index (χ1v) is 5.83. The lowest BCUT2D eigenvalue weighted by molar-refractivity contribution is 0.308. The minimum atomic E-state index is -0.242. The van der Waals surface area contributed by atoms with Crippen LogP contribution in [0.3, 0.4) is 0 Å². The van der Waals surface area contributed by atoms with E-state index in [0.717, 1.165) is 24.3 Å². The fraction of sp³-hybridized carbons (Fsp3) is 0.429. The number of hydrogen-bond acceptors (Lipinski definition) is 2. The predicted octanol–water partition coefficient (Wildman–Crippen LogP) is 2.73. The molecule has 1 aromatic carbocycles. The molecule has 0 unspecified atom stereocenters. The molecule has 0 aliphatic rings. The smallest absolute Gasteiger partial charge is 0.123 e.